The van der Waals surface area contributed by atoms with Crippen LogP contribution in [0.5, 0.6) is 0 Å². The van der Waals surface area contributed by atoms with Gasteiger partial charge in [-0.2, -0.15) is 0 Å². The van der Waals surface area contributed by atoms with E-state index in [1.54, 1.807) is 0 Å². The first-order chi connectivity index (χ1) is 14.8. The molecule has 0 bridgehead atoms. The summed E-state index contributed by atoms with van der Waals surface area (Å²) in [5.41, 5.74) is 4.49. The van der Waals surface area contributed by atoms with Crippen LogP contribution in [0, 0.1) is 11.8 Å². The second-order valence-corrected chi connectivity index (χ2v) is 10.9. The zero-order valence-corrected chi connectivity index (χ0v) is 17.6. The number of carbonyl (C=O) groups is 2. The molecule has 3 aliphatic rings. The monoisotopic (exact) mass is 441 g/mol. The van der Waals surface area contributed by atoms with Crippen molar-refractivity contribution in [2.75, 3.05) is 25.4 Å². The number of carboxylic acids is 1. The average molecular weight is 442 g/mol. The Balaban J connectivity index is 1.30. The number of carbonyl (C=O) groups excluding carboxylic acids is 1. The van der Waals surface area contributed by atoms with E-state index in [1.165, 1.54) is 4.90 Å². The maximum Gasteiger partial charge on any atom is 0.409 e. The van der Waals surface area contributed by atoms with Gasteiger partial charge in [0.1, 0.15) is 6.61 Å². The Hall–Kier alpha value is -2.87. The molecule has 162 valence electrons. The number of rotatable bonds is 4. The van der Waals surface area contributed by atoms with E-state index in [1.807, 2.05) is 36.4 Å². The van der Waals surface area contributed by atoms with Gasteiger partial charge < -0.3 is 14.7 Å². The molecule has 0 unspecified atom stereocenters. The molecule has 8 heteroatoms. The first kappa shape index (κ1) is 20.1. The molecule has 0 saturated carbocycles. The van der Waals surface area contributed by atoms with Crippen LogP contribution in [-0.2, 0) is 19.4 Å². The Morgan fingerprint density at radius 3 is 2.23 bits per heavy atom. The summed E-state index contributed by atoms with van der Waals surface area (Å²) in [6.07, 6.45) is -0.737. The number of benzene rings is 2. The summed E-state index contributed by atoms with van der Waals surface area (Å²) in [5.74, 6) is -2.00. The van der Waals surface area contributed by atoms with Crippen LogP contribution in [0.1, 0.15) is 23.5 Å². The fourth-order valence-electron chi connectivity index (χ4n) is 5.45. The number of ether oxygens (including phenoxy) is 1. The van der Waals surface area contributed by atoms with Crippen LogP contribution in [0.4, 0.5) is 4.79 Å². The number of fused-ring (bicyclic) bond motifs is 4. The van der Waals surface area contributed by atoms with Gasteiger partial charge in [0.05, 0.1) is 11.0 Å². The molecule has 1 aliphatic carbocycles. The predicted molar refractivity (Wildman–Crippen MR) is 113 cm³/mol. The fourth-order valence-corrected chi connectivity index (χ4v) is 7.90. The summed E-state index contributed by atoms with van der Waals surface area (Å²) in [7, 11) is -3.41. The molecule has 0 aromatic heterocycles. The molecule has 2 aromatic rings. The molecular weight excluding hydrogens is 418 g/mol. The second-order valence-electron chi connectivity index (χ2n) is 8.60. The first-order valence-corrected chi connectivity index (χ1v) is 12.1. The number of sulfone groups is 1. The molecule has 3 atom stereocenters. The van der Waals surface area contributed by atoms with Gasteiger partial charge in [-0.3, -0.25) is 4.79 Å². The Morgan fingerprint density at radius 2 is 1.61 bits per heavy atom. The Morgan fingerprint density at radius 1 is 1.00 bits per heavy atom. The number of likely N-dealkylation sites (tertiary alicyclic amines) is 1. The minimum absolute atomic E-state index is 0.0676. The van der Waals surface area contributed by atoms with E-state index in [-0.39, 0.29) is 43.7 Å². The summed E-state index contributed by atoms with van der Waals surface area (Å²) in [5, 5.41) is 8.41. The van der Waals surface area contributed by atoms with E-state index in [4.69, 9.17) is 9.84 Å². The molecule has 0 radical (unpaired) electrons. The molecule has 1 N–H and O–H groups in total. The molecule has 7 nitrogen and oxygen atoms in total. The van der Waals surface area contributed by atoms with Crippen molar-refractivity contribution in [1.29, 1.82) is 0 Å². The van der Waals surface area contributed by atoms with E-state index in [0.29, 0.717) is 0 Å². The van der Waals surface area contributed by atoms with Gasteiger partial charge in [-0.25, -0.2) is 13.2 Å². The lowest BCUT2D eigenvalue weighted by Gasteiger charge is -2.21. The van der Waals surface area contributed by atoms with Crippen molar-refractivity contribution in [3.63, 3.8) is 0 Å². The molecule has 0 spiro atoms. The molecule has 2 fully saturated rings. The van der Waals surface area contributed by atoms with Gasteiger partial charge in [0.25, 0.3) is 0 Å². The van der Waals surface area contributed by atoms with Crippen molar-refractivity contribution in [2.24, 2.45) is 11.8 Å². The predicted octanol–water partition coefficient (Wildman–Crippen LogP) is 2.76. The van der Waals surface area contributed by atoms with Crippen molar-refractivity contribution in [2.45, 2.75) is 17.6 Å². The third kappa shape index (κ3) is 3.39. The third-order valence-corrected chi connectivity index (χ3v) is 9.17. The van der Waals surface area contributed by atoms with E-state index in [2.05, 4.69) is 12.1 Å². The number of hydrogen-bond donors (Lipinski definition) is 1. The Kier molecular flexibility index (Phi) is 4.77. The van der Waals surface area contributed by atoms with Gasteiger partial charge >= 0.3 is 12.1 Å². The lowest BCUT2D eigenvalue weighted by atomic mass is 9.91. The van der Waals surface area contributed by atoms with Crippen LogP contribution in [0.25, 0.3) is 11.1 Å². The topological polar surface area (TPSA) is 101 Å². The van der Waals surface area contributed by atoms with E-state index < -0.39 is 33.1 Å². The molecule has 5 rings (SSSR count). The molecule has 2 aromatic carbocycles. The number of nitrogens with zero attached hydrogens (tertiary/aromatic N) is 1. The minimum atomic E-state index is -3.41. The van der Waals surface area contributed by atoms with E-state index >= 15 is 0 Å². The van der Waals surface area contributed by atoms with Crippen LogP contribution in [0.15, 0.2) is 48.5 Å². The highest BCUT2D eigenvalue weighted by Crippen LogP contribution is 2.45. The number of aliphatic carboxylic acids is 1. The molecular formula is C23H23NO6S. The lowest BCUT2D eigenvalue weighted by molar-refractivity contribution is -0.138. The van der Waals surface area contributed by atoms with Crippen molar-refractivity contribution in [3.8, 4) is 11.1 Å². The summed E-state index contributed by atoms with van der Waals surface area (Å²) >= 11 is 0. The van der Waals surface area contributed by atoms with Crippen molar-refractivity contribution in [1.82, 2.24) is 4.90 Å². The average Bonchev–Trinajstić information content (AvgIpc) is 3.38. The van der Waals surface area contributed by atoms with Gasteiger partial charge in [-0.1, -0.05) is 48.5 Å². The minimum Gasteiger partial charge on any atom is -0.481 e. The quantitative estimate of drug-likeness (QED) is 0.783. The summed E-state index contributed by atoms with van der Waals surface area (Å²) in [6, 6.07) is 16.1. The molecule has 31 heavy (non-hydrogen) atoms. The van der Waals surface area contributed by atoms with Crippen molar-refractivity contribution < 1.29 is 27.9 Å². The number of hydrogen-bond acceptors (Lipinski definition) is 5. The van der Waals surface area contributed by atoms with Crippen LogP contribution in [0.2, 0.25) is 0 Å². The summed E-state index contributed by atoms with van der Waals surface area (Å²) in [4.78, 5) is 25.3. The third-order valence-electron chi connectivity index (χ3n) is 6.85. The summed E-state index contributed by atoms with van der Waals surface area (Å²) < 4.78 is 30.6. The zero-order chi connectivity index (χ0) is 21.8. The first-order valence-electron chi connectivity index (χ1n) is 10.4. The van der Waals surface area contributed by atoms with Crippen molar-refractivity contribution >= 4 is 21.9 Å². The van der Waals surface area contributed by atoms with E-state index in [0.717, 1.165) is 22.3 Å². The highest BCUT2D eigenvalue weighted by Gasteiger charge is 2.53. The number of amides is 1. The highest BCUT2D eigenvalue weighted by atomic mass is 32.2. The van der Waals surface area contributed by atoms with Crippen LogP contribution in [0.3, 0.4) is 0 Å². The second kappa shape index (κ2) is 7.37. The SMILES string of the molecule is O=C(O)C[C@H]1CS(=O)(=O)[C@@H]2CN(C(=O)OCC3c4ccccc4-c4ccccc43)C[C@@H]12. The largest absolute Gasteiger partial charge is 0.481 e. The van der Waals surface area contributed by atoms with Gasteiger partial charge in [0.2, 0.25) is 0 Å². The zero-order valence-electron chi connectivity index (χ0n) is 16.8. The molecule has 1 amide bonds. The fraction of sp³-hybridized carbons (Fsp3) is 0.391. The molecule has 2 saturated heterocycles. The number of carboxylic acid groups (broad SMARTS) is 1. The van der Waals surface area contributed by atoms with Crippen LogP contribution < -0.4 is 0 Å². The normalized spacial score (nSPS) is 25.7. The maximum atomic E-state index is 12.8. The van der Waals surface area contributed by atoms with E-state index in [9.17, 15) is 18.0 Å². The summed E-state index contributed by atoms with van der Waals surface area (Å²) in [6.45, 7) is 0.461. The van der Waals surface area contributed by atoms with Gasteiger partial charge in [0.15, 0.2) is 9.84 Å². The Bertz CT molecular complexity index is 1110. The Labute approximate surface area is 180 Å². The molecule has 2 heterocycles. The van der Waals surface area contributed by atoms with Crippen LogP contribution in [-0.4, -0.2) is 61.2 Å². The van der Waals surface area contributed by atoms with Crippen LogP contribution >= 0.6 is 0 Å². The van der Waals surface area contributed by atoms with Crippen molar-refractivity contribution in [3.05, 3.63) is 59.7 Å². The maximum absolute atomic E-state index is 12.8. The molecule has 2 aliphatic heterocycles. The van der Waals surface area contributed by atoms with Gasteiger partial charge in [0, 0.05) is 25.4 Å². The standard InChI is InChI=1S/C23H23NO6S/c25-22(26)9-14-13-31(28,29)21-11-24(10-19(14)21)23(27)30-12-20-17-7-3-1-5-15(17)16-6-2-4-8-18(16)20/h1-8,14,19-21H,9-13H2,(H,25,26)/t14-,19-,21+/m0/s1. The lowest BCUT2D eigenvalue weighted by Crippen LogP contribution is -2.34. The smallest absolute Gasteiger partial charge is 0.409 e. The van der Waals surface area contributed by atoms with Gasteiger partial charge in [-0.15, -0.1) is 0 Å². The highest BCUT2D eigenvalue weighted by molar-refractivity contribution is 7.92. The van der Waals surface area contributed by atoms with Gasteiger partial charge in [-0.05, 0) is 34.1 Å².